The summed E-state index contributed by atoms with van der Waals surface area (Å²) in [4.78, 5) is 1.33. The Kier molecular flexibility index (Phi) is 7.38. The lowest BCUT2D eigenvalue weighted by atomic mass is 10.3. The molecule has 0 amide bonds. The number of unbranched alkanes of at least 4 members (excludes halogenated alkanes) is 1. The molecule has 0 atom stereocenters. The minimum absolute atomic E-state index is 0.455. The second-order valence-electron chi connectivity index (χ2n) is 4.30. The third kappa shape index (κ3) is 5.07. The van der Waals surface area contributed by atoms with Crippen LogP contribution in [0.4, 0.5) is 0 Å². The molecule has 0 fully saturated rings. The normalized spacial score (nSPS) is 11.9. The average Bonchev–Trinajstić information content (AvgIpc) is 2.71. The maximum Gasteiger partial charge on any atom is 0.241 e. The lowest BCUT2D eigenvalue weighted by Gasteiger charge is -2.09. The summed E-state index contributed by atoms with van der Waals surface area (Å²) in [5.74, 6) is 1.07. The topological polar surface area (TPSA) is 58.2 Å². The van der Waals surface area contributed by atoms with Gasteiger partial charge in [-0.1, -0.05) is 0 Å². The Morgan fingerprint density at radius 2 is 2.11 bits per heavy atom. The Morgan fingerprint density at radius 3 is 2.74 bits per heavy atom. The summed E-state index contributed by atoms with van der Waals surface area (Å²) in [5, 5.41) is 4.91. The molecule has 4 nitrogen and oxygen atoms in total. The van der Waals surface area contributed by atoms with Crippen molar-refractivity contribution >= 4 is 33.1 Å². The van der Waals surface area contributed by atoms with Gasteiger partial charge in [0.1, 0.15) is 4.90 Å². The highest BCUT2D eigenvalue weighted by atomic mass is 32.2. The molecule has 0 aliphatic carbocycles. The first kappa shape index (κ1) is 17.0. The summed E-state index contributed by atoms with van der Waals surface area (Å²) < 4.78 is 27.3. The fourth-order valence-corrected chi connectivity index (χ4v) is 5.17. The third-order valence-corrected chi connectivity index (χ3v) is 6.28. The molecule has 0 aromatic carbocycles. The summed E-state index contributed by atoms with van der Waals surface area (Å²) in [7, 11) is -1.55. The van der Waals surface area contributed by atoms with Crippen LogP contribution in [0.25, 0.3) is 0 Å². The van der Waals surface area contributed by atoms with Gasteiger partial charge in [-0.3, -0.25) is 0 Å². The van der Waals surface area contributed by atoms with E-state index in [1.54, 1.807) is 11.8 Å². The van der Waals surface area contributed by atoms with E-state index in [1.807, 2.05) is 19.4 Å². The largest absolute Gasteiger partial charge is 0.315 e. The first-order chi connectivity index (χ1) is 9.03. The zero-order valence-electron chi connectivity index (χ0n) is 11.7. The van der Waals surface area contributed by atoms with Crippen molar-refractivity contribution in [3.63, 3.8) is 0 Å². The molecule has 0 unspecified atom stereocenters. The molecule has 1 rings (SSSR count). The van der Waals surface area contributed by atoms with E-state index in [-0.39, 0.29) is 0 Å². The van der Waals surface area contributed by atoms with Gasteiger partial charge in [0.05, 0.1) is 0 Å². The Balaban J connectivity index is 2.69. The molecule has 1 aromatic rings. The molecule has 1 aromatic heterocycles. The second kappa shape index (κ2) is 8.26. The minimum atomic E-state index is -3.37. The summed E-state index contributed by atoms with van der Waals surface area (Å²) in [6, 6.07) is 0. The number of aryl methyl sites for hydroxylation is 1. The maximum atomic E-state index is 12.3. The predicted molar refractivity (Wildman–Crippen MR) is 84.6 cm³/mol. The van der Waals surface area contributed by atoms with Gasteiger partial charge in [0.2, 0.25) is 10.0 Å². The highest BCUT2D eigenvalue weighted by Crippen LogP contribution is 2.26. The quantitative estimate of drug-likeness (QED) is 0.684. The first-order valence-corrected chi connectivity index (χ1v) is 9.98. The van der Waals surface area contributed by atoms with Crippen molar-refractivity contribution < 1.29 is 8.42 Å². The van der Waals surface area contributed by atoms with Gasteiger partial charge in [-0.05, 0) is 49.8 Å². The zero-order chi connectivity index (χ0) is 14.3. The van der Waals surface area contributed by atoms with Crippen LogP contribution in [-0.2, 0) is 16.6 Å². The molecule has 0 aliphatic heterocycles. The SMILES string of the molecule is CNCc1scc(C)c1S(=O)(=O)NCCCCSC. The van der Waals surface area contributed by atoms with Crippen LogP contribution >= 0.6 is 23.1 Å². The highest BCUT2D eigenvalue weighted by Gasteiger charge is 2.21. The summed E-state index contributed by atoms with van der Waals surface area (Å²) in [6.45, 7) is 2.94. The van der Waals surface area contributed by atoms with Gasteiger partial charge in [-0.2, -0.15) is 11.8 Å². The molecular weight excluding hydrogens is 300 g/mol. The Labute approximate surface area is 124 Å². The second-order valence-corrected chi connectivity index (χ2v) is 7.95. The summed E-state index contributed by atoms with van der Waals surface area (Å²) in [6.07, 6.45) is 3.98. The maximum absolute atomic E-state index is 12.3. The van der Waals surface area contributed by atoms with E-state index >= 15 is 0 Å². The number of rotatable bonds is 9. The molecule has 0 saturated heterocycles. The van der Waals surface area contributed by atoms with Gasteiger partial charge in [0, 0.05) is 18.0 Å². The molecule has 0 aliphatic rings. The molecular formula is C12H22N2O2S3. The molecule has 19 heavy (non-hydrogen) atoms. The zero-order valence-corrected chi connectivity index (χ0v) is 14.1. The third-order valence-electron chi connectivity index (χ3n) is 2.66. The van der Waals surface area contributed by atoms with Gasteiger partial charge in [0.25, 0.3) is 0 Å². The first-order valence-electron chi connectivity index (χ1n) is 6.23. The van der Waals surface area contributed by atoms with E-state index in [0.29, 0.717) is 18.0 Å². The van der Waals surface area contributed by atoms with Crippen LogP contribution < -0.4 is 10.0 Å². The Bertz CT molecular complexity index is 483. The van der Waals surface area contributed by atoms with E-state index in [4.69, 9.17) is 0 Å². The van der Waals surface area contributed by atoms with Crippen molar-refractivity contribution in [2.75, 3.05) is 25.6 Å². The van der Waals surface area contributed by atoms with Crippen LogP contribution in [0.2, 0.25) is 0 Å². The van der Waals surface area contributed by atoms with Crippen molar-refractivity contribution in [1.29, 1.82) is 0 Å². The molecule has 0 bridgehead atoms. The van der Waals surface area contributed by atoms with Crippen molar-refractivity contribution in [1.82, 2.24) is 10.0 Å². The molecule has 7 heteroatoms. The highest BCUT2D eigenvalue weighted by molar-refractivity contribution is 7.98. The Morgan fingerprint density at radius 1 is 1.37 bits per heavy atom. The van der Waals surface area contributed by atoms with Crippen molar-refractivity contribution in [2.24, 2.45) is 0 Å². The van der Waals surface area contributed by atoms with Crippen molar-refractivity contribution in [3.05, 3.63) is 15.8 Å². The van der Waals surface area contributed by atoms with Gasteiger partial charge >= 0.3 is 0 Å². The number of thiophene rings is 1. The van der Waals surface area contributed by atoms with Crippen LogP contribution in [0.5, 0.6) is 0 Å². The predicted octanol–water partition coefficient (Wildman–Crippen LogP) is 2.20. The molecule has 1 heterocycles. The van der Waals surface area contributed by atoms with Crippen molar-refractivity contribution in [3.8, 4) is 0 Å². The van der Waals surface area contributed by atoms with Crippen molar-refractivity contribution in [2.45, 2.75) is 31.2 Å². The van der Waals surface area contributed by atoms with E-state index in [1.165, 1.54) is 11.3 Å². The van der Waals surface area contributed by atoms with E-state index in [2.05, 4.69) is 16.3 Å². The minimum Gasteiger partial charge on any atom is -0.315 e. The van der Waals surface area contributed by atoms with Gasteiger partial charge in [-0.15, -0.1) is 11.3 Å². The Hall–Kier alpha value is -0.0800. The number of hydrogen-bond donors (Lipinski definition) is 2. The lowest BCUT2D eigenvalue weighted by Crippen LogP contribution is -2.26. The van der Waals surface area contributed by atoms with E-state index in [0.717, 1.165) is 29.0 Å². The van der Waals surface area contributed by atoms with Gasteiger partial charge in [0.15, 0.2) is 0 Å². The number of nitrogens with one attached hydrogen (secondary N) is 2. The standard InChI is InChI=1S/C12H22N2O2S3/c1-10-9-18-11(8-13-2)12(10)19(15,16)14-6-4-5-7-17-3/h9,13-14H,4-8H2,1-3H3. The molecule has 0 spiro atoms. The summed E-state index contributed by atoms with van der Waals surface area (Å²) in [5.41, 5.74) is 0.826. The molecule has 0 radical (unpaired) electrons. The fourth-order valence-electron chi connectivity index (χ4n) is 1.78. The van der Waals surface area contributed by atoms with Crippen LogP contribution in [0.1, 0.15) is 23.3 Å². The number of sulfonamides is 1. The molecule has 2 N–H and O–H groups in total. The summed E-state index contributed by atoms with van der Waals surface area (Å²) >= 11 is 3.27. The molecule has 110 valence electrons. The van der Waals surface area contributed by atoms with Crippen LogP contribution in [-0.4, -0.2) is 34.0 Å². The van der Waals surface area contributed by atoms with E-state index < -0.39 is 10.0 Å². The monoisotopic (exact) mass is 322 g/mol. The van der Waals surface area contributed by atoms with Gasteiger partial charge in [-0.25, -0.2) is 13.1 Å². The van der Waals surface area contributed by atoms with Gasteiger partial charge < -0.3 is 5.32 Å². The average molecular weight is 323 g/mol. The number of thioether (sulfide) groups is 1. The number of hydrogen-bond acceptors (Lipinski definition) is 5. The smallest absolute Gasteiger partial charge is 0.241 e. The molecule has 0 saturated carbocycles. The van der Waals surface area contributed by atoms with Crippen LogP contribution in [0.15, 0.2) is 10.3 Å². The van der Waals surface area contributed by atoms with E-state index in [9.17, 15) is 8.42 Å². The van der Waals surface area contributed by atoms with Crippen LogP contribution in [0, 0.1) is 6.92 Å². The van der Waals surface area contributed by atoms with Crippen LogP contribution in [0.3, 0.4) is 0 Å². The fraction of sp³-hybridized carbons (Fsp3) is 0.667. The lowest BCUT2D eigenvalue weighted by molar-refractivity contribution is 0.577.